The molecule has 0 spiro atoms. The zero-order valence-electron chi connectivity index (χ0n) is 18.2. The zero-order chi connectivity index (χ0) is 21.3. The Labute approximate surface area is 179 Å². The van der Waals surface area contributed by atoms with E-state index < -0.39 is 5.60 Å². The lowest BCUT2D eigenvalue weighted by molar-refractivity contribution is -0.0755. The summed E-state index contributed by atoms with van der Waals surface area (Å²) >= 11 is 0. The number of nitrogens with one attached hydrogen (secondary N) is 1. The van der Waals surface area contributed by atoms with Gasteiger partial charge in [-0.15, -0.1) is 0 Å². The van der Waals surface area contributed by atoms with Gasteiger partial charge in [0.2, 0.25) is 0 Å². The lowest BCUT2D eigenvalue weighted by atomic mass is 9.68. The van der Waals surface area contributed by atoms with Gasteiger partial charge in [0.1, 0.15) is 5.75 Å². The van der Waals surface area contributed by atoms with Crippen LogP contribution in [0.4, 0.5) is 0 Å². The molecule has 1 fully saturated rings. The highest BCUT2D eigenvalue weighted by Gasteiger charge is 2.48. The van der Waals surface area contributed by atoms with Crippen LogP contribution in [-0.2, 0) is 5.60 Å². The number of hydrogen-bond donors (Lipinski definition) is 2. The van der Waals surface area contributed by atoms with Gasteiger partial charge in [-0.3, -0.25) is 0 Å². The van der Waals surface area contributed by atoms with E-state index in [1.165, 1.54) is 22.3 Å². The Hall–Kier alpha value is -2.62. The Bertz CT molecular complexity index is 996. The molecule has 3 aromatic carbocycles. The molecule has 1 aliphatic heterocycles. The van der Waals surface area contributed by atoms with Crippen LogP contribution in [0.5, 0.6) is 5.75 Å². The summed E-state index contributed by atoms with van der Waals surface area (Å²) in [6.07, 6.45) is 0.583. The zero-order valence-corrected chi connectivity index (χ0v) is 18.2. The van der Waals surface area contributed by atoms with Crippen molar-refractivity contribution in [2.24, 2.45) is 5.92 Å². The fourth-order valence-corrected chi connectivity index (χ4v) is 4.72. The summed E-state index contributed by atoms with van der Waals surface area (Å²) in [5.41, 5.74) is 4.69. The van der Waals surface area contributed by atoms with E-state index in [1.807, 2.05) is 24.3 Å². The molecule has 3 aromatic rings. The standard InChI is InChI=1S/C27H31NO2/c1-18-9-13-21(14-10-18)24-17-27(29,23-7-5-6-8-25(23)30-4)20(3)26(28-24)22-15-11-19(2)12-16-22/h5-16,20,24,26,28-29H,17H2,1-4H3/t20-,24+,26-,27-/m0/s1. The van der Waals surface area contributed by atoms with Crippen molar-refractivity contribution in [1.29, 1.82) is 0 Å². The Morgan fingerprint density at radius 2 is 1.43 bits per heavy atom. The summed E-state index contributed by atoms with van der Waals surface area (Å²) in [4.78, 5) is 0. The minimum Gasteiger partial charge on any atom is -0.496 e. The van der Waals surface area contributed by atoms with Crippen molar-refractivity contribution in [2.45, 2.75) is 44.9 Å². The van der Waals surface area contributed by atoms with Crippen molar-refractivity contribution in [1.82, 2.24) is 5.32 Å². The second-order valence-electron chi connectivity index (χ2n) is 8.64. The molecule has 4 atom stereocenters. The van der Waals surface area contributed by atoms with E-state index in [4.69, 9.17) is 4.74 Å². The van der Waals surface area contributed by atoms with E-state index in [0.29, 0.717) is 6.42 Å². The average molecular weight is 402 g/mol. The van der Waals surface area contributed by atoms with Crippen LogP contribution in [0.1, 0.15) is 53.2 Å². The topological polar surface area (TPSA) is 41.5 Å². The molecule has 4 rings (SSSR count). The molecule has 0 bridgehead atoms. The van der Waals surface area contributed by atoms with Gasteiger partial charge >= 0.3 is 0 Å². The van der Waals surface area contributed by atoms with Crippen LogP contribution < -0.4 is 10.1 Å². The molecule has 0 aromatic heterocycles. The van der Waals surface area contributed by atoms with Gasteiger partial charge in [-0.25, -0.2) is 0 Å². The SMILES string of the molecule is COc1ccccc1[C@]1(O)C[C@H](c2ccc(C)cc2)N[C@H](c2ccc(C)cc2)[C@@H]1C. The molecular weight excluding hydrogens is 370 g/mol. The highest BCUT2D eigenvalue weighted by Crippen LogP contribution is 2.50. The summed E-state index contributed by atoms with van der Waals surface area (Å²) in [6, 6.07) is 25.1. The van der Waals surface area contributed by atoms with Gasteiger partial charge < -0.3 is 15.2 Å². The maximum absolute atomic E-state index is 12.2. The number of methoxy groups -OCH3 is 1. The number of hydrogen-bond acceptors (Lipinski definition) is 3. The fourth-order valence-electron chi connectivity index (χ4n) is 4.72. The first-order valence-corrected chi connectivity index (χ1v) is 10.7. The van der Waals surface area contributed by atoms with E-state index in [1.54, 1.807) is 7.11 Å². The normalized spacial score (nSPS) is 26.4. The molecule has 0 aliphatic carbocycles. The largest absolute Gasteiger partial charge is 0.496 e. The van der Waals surface area contributed by atoms with Crippen molar-refractivity contribution in [3.63, 3.8) is 0 Å². The lowest BCUT2D eigenvalue weighted by Crippen LogP contribution is -2.50. The molecule has 1 heterocycles. The number of aliphatic hydroxyl groups is 1. The van der Waals surface area contributed by atoms with Crippen molar-refractivity contribution in [3.05, 3.63) is 101 Å². The summed E-state index contributed by atoms with van der Waals surface area (Å²) in [5, 5.41) is 16.0. The van der Waals surface area contributed by atoms with E-state index >= 15 is 0 Å². The van der Waals surface area contributed by atoms with E-state index in [0.717, 1.165) is 11.3 Å². The van der Waals surface area contributed by atoms with E-state index in [9.17, 15) is 5.11 Å². The number of ether oxygens (including phenoxy) is 1. The van der Waals surface area contributed by atoms with Crippen LogP contribution in [0.15, 0.2) is 72.8 Å². The molecule has 0 amide bonds. The minimum absolute atomic E-state index is 0.0144. The third-order valence-corrected chi connectivity index (χ3v) is 6.64. The van der Waals surface area contributed by atoms with Gasteiger partial charge in [-0.2, -0.15) is 0 Å². The van der Waals surface area contributed by atoms with Gasteiger partial charge in [0.15, 0.2) is 0 Å². The Morgan fingerprint density at radius 1 is 0.867 bits per heavy atom. The monoisotopic (exact) mass is 401 g/mol. The van der Waals surface area contributed by atoms with Gasteiger partial charge in [0.05, 0.1) is 12.7 Å². The van der Waals surface area contributed by atoms with E-state index in [2.05, 4.69) is 74.6 Å². The third kappa shape index (κ3) is 3.76. The molecule has 1 saturated heterocycles. The lowest BCUT2D eigenvalue weighted by Gasteiger charge is -2.48. The predicted molar refractivity (Wildman–Crippen MR) is 122 cm³/mol. The van der Waals surface area contributed by atoms with Gasteiger partial charge in [-0.1, -0.05) is 84.8 Å². The highest BCUT2D eigenvalue weighted by molar-refractivity contribution is 5.41. The average Bonchev–Trinajstić information content (AvgIpc) is 2.77. The predicted octanol–water partition coefficient (Wildman–Crippen LogP) is 5.61. The Balaban J connectivity index is 1.81. The van der Waals surface area contributed by atoms with Crippen molar-refractivity contribution in [3.8, 4) is 5.75 Å². The maximum Gasteiger partial charge on any atom is 0.124 e. The van der Waals surface area contributed by atoms with Crippen LogP contribution in [0.2, 0.25) is 0 Å². The Kier molecular flexibility index (Phi) is 5.68. The van der Waals surface area contributed by atoms with Crippen molar-refractivity contribution in [2.75, 3.05) is 7.11 Å². The van der Waals surface area contributed by atoms with Gasteiger partial charge in [0.25, 0.3) is 0 Å². The molecule has 0 unspecified atom stereocenters. The molecule has 0 radical (unpaired) electrons. The second-order valence-corrected chi connectivity index (χ2v) is 8.64. The van der Waals surface area contributed by atoms with Crippen LogP contribution in [0.25, 0.3) is 0 Å². The second kappa shape index (κ2) is 8.25. The number of para-hydroxylation sites is 1. The van der Waals surface area contributed by atoms with Crippen molar-refractivity contribution < 1.29 is 9.84 Å². The van der Waals surface area contributed by atoms with Gasteiger partial charge in [-0.05, 0) is 31.0 Å². The number of benzene rings is 3. The Morgan fingerprint density at radius 3 is 2.03 bits per heavy atom. The maximum atomic E-state index is 12.2. The first kappa shape index (κ1) is 20.6. The minimum atomic E-state index is -1.02. The van der Waals surface area contributed by atoms with Crippen LogP contribution >= 0.6 is 0 Å². The number of aryl methyl sites for hydroxylation is 2. The molecule has 30 heavy (non-hydrogen) atoms. The molecule has 156 valence electrons. The van der Waals surface area contributed by atoms with Crippen LogP contribution in [-0.4, -0.2) is 12.2 Å². The molecule has 3 heteroatoms. The molecular formula is C27H31NO2. The fraction of sp³-hybridized carbons (Fsp3) is 0.333. The summed E-state index contributed by atoms with van der Waals surface area (Å²) < 4.78 is 5.65. The molecule has 2 N–H and O–H groups in total. The summed E-state index contributed by atoms with van der Waals surface area (Å²) in [7, 11) is 1.67. The summed E-state index contributed by atoms with van der Waals surface area (Å²) in [5.74, 6) is 0.692. The van der Waals surface area contributed by atoms with Crippen LogP contribution in [0.3, 0.4) is 0 Å². The highest BCUT2D eigenvalue weighted by atomic mass is 16.5. The smallest absolute Gasteiger partial charge is 0.124 e. The number of rotatable bonds is 4. The first-order chi connectivity index (χ1) is 14.4. The summed E-state index contributed by atoms with van der Waals surface area (Å²) in [6.45, 7) is 6.33. The van der Waals surface area contributed by atoms with Crippen LogP contribution in [0, 0.1) is 19.8 Å². The first-order valence-electron chi connectivity index (χ1n) is 10.7. The molecule has 3 nitrogen and oxygen atoms in total. The van der Waals surface area contributed by atoms with Crippen molar-refractivity contribution >= 4 is 0 Å². The van der Waals surface area contributed by atoms with E-state index in [-0.39, 0.29) is 18.0 Å². The molecule has 0 saturated carbocycles. The molecule has 1 aliphatic rings. The van der Waals surface area contributed by atoms with Gasteiger partial charge in [0, 0.05) is 30.0 Å². The quantitative estimate of drug-likeness (QED) is 0.597. The third-order valence-electron chi connectivity index (χ3n) is 6.64. The number of piperidine rings is 1.